The quantitative estimate of drug-likeness (QED) is 0.248. The molecule has 0 radical (unpaired) electrons. The van der Waals surface area contributed by atoms with Crippen LogP contribution >= 0.6 is 0 Å². The molecule has 1 unspecified atom stereocenters. The number of ketones is 1. The lowest BCUT2D eigenvalue weighted by Gasteiger charge is -2.12. The molecule has 0 aliphatic heterocycles. The monoisotopic (exact) mass is 433 g/mol. The van der Waals surface area contributed by atoms with E-state index in [4.69, 9.17) is 9.47 Å². The Bertz CT molecular complexity index is 1240. The number of nitriles is 1. The van der Waals surface area contributed by atoms with Crippen LogP contribution < -0.4 is 0 Å². The van der Waals surface area contributed by atoms with Crippen molar-refractivity contribution in [3.05, 3.63) is 64.1 Å². The van der Waals surface area contributed by atoms with E-state index in [1.54, 1.807) is 7.11 Å². The van der Waals surface area contributed by atoms with Crippen LogP contribution in [0.2, 0.25) is 0 Å². The molecule has 0 amide bonds. The molecular formula is C25H27N3O4. The zero-order valence-electron chi connectivity index (χ0n) is 19.0. The van der Waals surface area contributed by atoms with Crippen molar-refractivity contribution < 1.29 is 19.1 Å². The molecule has 1 atom stereocenters. The number of benzene rings is 1. The number of nitrogens with one attached hydrogen (secondary N) is 1. The summed E-state index contributed by atoms with van der Waals surface area (Å²) in [7, 11) is 1.64. The molecule has 32 heavy (non-hydrogen) atoms. The number of esters is 1. The van der Waals surface area contributed by atoms with Gasteiger partial charge in [0.15, 0.2) is 6.10 Å². The number of nitrogens with zero attached hydrogens (tertiary/aromatic N) is 2. The number of methoxy groups -OCH3 is 1. The Morgan fingerprint density at radius 1 is 1.25 bits per heavy atom. The number of ether oxygens (including phenoxy) is 2. The van der Waals surface area contributed by atoms with Crippen LogP contribution in [0, 0.1) is 32.1 Å². The number of aromatic amines is 1. The first-order valence-electron chi connectivity index (χ1n) is 10.4. The summed E-state index contributed by atoms with van der Waals surface area (Å²) < 4.78 is 12.6. The highest BCUT2D eigenvalue weighted by Crippen LogP contribution is 2.24. The van der Waals surface area contributed by atoms with Gasteiger partial charge in [0.1, 0.15) is 11.6 Å². The van der Waals surface area contributed by atoms with Gasteiger partial charge in [-0.3, -0.25) is 4.79 Å². The second kappa shape index (κ2) is 9.67. The maximum Gasteiger partial charge on any atom is 0.349 e. The normalized spacial score (nSPS) is 12.6. The number of hydrogen-bond acceptors (Lipinski definition) is 5. The molecule has 0 aliphatic carbocycles. The molecule has 7 nitrogen and oxygen atoms in total. The third-order valence-electron chi connectivity index (χ3n) is 5.57. The molecule has 0 aliphatic rings. The molecule has 2 heterocycles. The van der Waals surface area contributed by atoms with Crippen LogP contribution in [-0.2, 0) is 20.8 Å². The lowest BCUT2D eigenvalue weighted by Crippen LogP contribution is -2.25. The Morgan fingerprint density at radius 2 is 1.97 bits per heavy atom. The SMILES string of the molecule is COCCn1c(C)cc(C=C(C#N)C(=O)OC(C)C(=O)c2c(C)[nH]c3ccccc23)c1C. The minimum Gasteiger partial charge on any atom is -0.450 e. The van der Waals surface area contributed by atoms with E-state index >= 15 is 0 Å². The van der Waals surface area contributed by atoms with Crippen LogP contribution in [0.5, 0.6) is 0 Å². The van der Waals surface area contributed by atoms with Crippen molar-refractivity contribution in [2.45, 2.75) is 40.3 Å². The average molecular weight is 434 g/mol. The topological polar surface area (TPSA) is 97.1 Å². The predicted octanol–water partition coefficient (Wildman–Crippen LogP) is 4.26. The molecule has 1 aromatic carbocycles. The van der Waals surface area contributed by atoms with Crippen molar-refractivity contribution in [1.29, 1.82) is 5.26 Å². The van der Waals surface area contributed by atoms with Crippen LogP contribution in [0.15, 0.2) is 35.9 Å². The van der Waals surface area contributed by atoms with Crippen LogP contribution in [0.1, 0.15) is 39.9 Å². The van der Waals surface area contributed by atoms with E-state index in [0.717, 1.165) is 27.9 Å². The van der Waals surface area contributed by atoms with E-state index in [2.05, 4.69) is 9.55 Å². The molecule has 0 fully saturated rings. The van der Waals surface area contributed by atoms with E-state index in [1.165, 1.54) is 13.0 Å². The van der Waals surface area contributed by atoms with E-state index in [9.17, 15) is 14.9 Å². The fourth-order valence-corrected chi connectivity index (χ4v) is 3.87. The van der Waals surface area contributed by atoms with Gasteiger partial charge in [-0.1, -0.05) is 18.2 Å². The van der Waals surface area contributed by atoms with Gasteiger partial charge >= 0.3 is 5.97 Å². The van der Waals surface area contributed by atoms with Gasteiger partial charge in [0.2, 0.25) is 5.78 Å². The largest absolute Gasteiger partial charge is 0.450 e. The van der Waals surface area contributed by atoms with Gasteiger partial charge in [-0.2, -0.15) is 5.26 Å². The number of carbonyl (C=O) groups is 2. The number of H-pyrrole nitrogens is 1. The summed E-state index contributed by atoms with van der Waals surface area (Å²) in [5.74, 6) is -1.14. The summed E-state index contributed by atoms with van der Waals surface area (Å²) in [6, 6.07) is 11.3. The van der Waals surface area contributed by atoms with E-state index in [1.807, 2.05) is 57.2 Å². The van der Waals surface area contributed by atoms with Crippen LogP contribution in [-0.4, -0.2) is 41.1 Å². The first kappa shape index (κ1) is 23.0. The fourth-order valence-electron chi connectivity index (χ4n) is 3.87. The molecule has 1 N–H and O–H groups in total. The molecule has 0 bridgehead atoms. The van der Waals surface area contributed by atoms with Gasteiger partial charge in [0.25, 0.3) is 0 Å². The van der Waals surface area contributed by atoms with Crippen LogP contribution in [0.25, 0.3) is 17.0 Å². The van der Waals surface area contributed by atoms with Crippen molar-refractivity contribution in [3.63, 3.8) is 0 Å². The van der Waals surface area contributed by atoms with Crippen molar-refractivity contribution in [2.24, 2.45) is 0 Å². The van der Waals surface area contributed by atoms with Crippen molar-refractivity contribution in [1.82, 2.24) is 9.55 Å². The predicted molar refractivity (Wildman–Crippen MR) is 122 cm³/mol. The number of carbonyl (C=O) groups excluding carboxylic acids is 2. The lowest BCUT2D eigenvalue weighted by atomic mass is 10.0. The number of Topliss-reactive ketones (excluding diaryl/α,β-unsaturated/α-hetero) is 1. The molecule has 0 saturated heterocycles. The summed E-state index contributed by atoms with van der Waals surface area (Å²) in [6.45, 7) is 8.42. The Hall–Kier alpha value is -3.63. The molecule has 166 valence electrons. The van der Waals surface area contributed by atoms with Crippen molar-refractivity contribution in [3.8, 4) is 6.07 Å². The number of rotatable bonds is 8. The minimum atomic E-state index is -1.04. The molecule has 0 saturated carbocycles. The van der Waals surface area contributed by atoms with Crippen molar-refractivity contribution in [2.75, 3.05) is 13.7 Å². The highest BCUT2D eigenvalue weighted by Gasteiger charge is 2.26. The third kappa shape index (κ3) is 4.51. The first-order valence-corrected chi connectivity index (χ1v) is 10.4. The average Bonchev–Trinajstić information content (AvgIpc) is 3.24. The molecule has 2 aromatic heterocycles. The standard InChI is InChI=1S/C25H27N3O4/c1-15-12-19(17(3)28(15)10-11-31-5)13-20(14-26)25(30)32-18(4)24(29)23-16(2)27-22-9-7-6-8-21(22)23/h6-9,12-13,18,27H,10-11H2,1-5H3. The second-order valence-electron chi connectivity index (χ2n) is 7.72. The van der Waals surface area contributed by atoms with Gasteiger partial charge in [0, 0.05) is 47.2 Å². The Morgan fingerprint density at radius 3 is 2.66 bits per heavy atom. The smallest absolute Gasteiger partial charge is 0.349 e. The van der Waals surface area contributed by atoms with Gasteiger partial charge in [-0.25, -0.2) is 4.79 Å². The summed E-state index contributed by atoms with van der Waals surface area (Å²) in [5.41, 5.74) is 4.54. The highest BCUT2D eigenvalue weighted by molar-refractivity contribution is 6.12. The van der Waals surface area contributed by atoms with Crippen LogP contribution in [0.4, 0.5) is 0 Å². The molecule has 3 rings (SSSR count). The van der Waals surface area contributed by atoms with E-state index < -0.39 is 12.1 Å². The number of para-hydroxylation sites is 1. The number of aromatic nitrogens is 2. The zero-order valence-corrected chi connectivity index (χ0v) is 19.0. The highest BCUT2D eigenvalue weighted by atomic mass is 16.5. The first-order chi connectivity index (χ1) is 15.3. The fraction of sp³-hybridized carbons (Fsp3) is 0.320. The second-order valence-corrected chi connectivity index (χ2v) is 7.72. The summed E-state index contributed by atoms with van der Waals surface area (Å²) in [6.07, 6.45) is 0.466. The van der Waals surface area contributed by atoms with E-state index in [0.29, 0.717) is 24.4 Å². The van der Waals surface area contributed by atoms with Gasteiger partial charge < -0.3 is 19.0 Å². The maximum absolute atomic E-state index is 13.0. The molecule has 7 heteroatoms. The third-order valence-corrected chi connectivity index (χ3v) is 5.57. The Labute approximate surface area is 187 Å². The lowest BCUT2D eigenvalue weighted by molar-refractivity contribution is -0.141. The number of fused-ring (bicyclic) bond motifs is 1. The maximum atomic E-state index is 13.0. The molecular weight excluding hydrogens is 406 g/mol. The summed E-state index contributed by atoms with van der Waals surface area (Å²) in [5, 5.41) is 10.3. The number of hydrogen-bond donors (Lipinski definition) is 1. The van der Waals surface area contributed by atoms with Gasteiger partial charge in [-0.05, 0) is 51.5 Å². The molecule has 3 aromatic rings. The van der Waals surface area contributed by atoms with Crippen molar-refractivity contribution >= 4 is 28.7 Å². The van der Waals surface area contributed by atoms with Gasteiger partial charge in [-0.15, -0.1) is 0 Å². The summed E-state index contributed by atoms with van der Waals surface area (Å²) >= 11 is 0. The molecule has 0 spiro atoms. The van der Waals surface area contributed by atoms with Gasteiger partial charge in [0.05, 0.1) is 6.61 Å². The van der Waals surface area contributed by atoms with E-state index in [-0.39, 0.29) is 11.4 Å². The summed E-state index contributed by atoms with van der Waals surface area (Å²) in [4.78, 5) is 28.9. The Balaban J connectivity index is 1.81. The number of aryl methyl sites for hydroxylation is 2. The minimum absolute atomic E-state index is 0.160. The zero-order chi connectivity index (χ0) is 23.4. The Kier molecular flexibility index (Phi) is 6.96. The van der Waals surface area contributed by atoms with Crippen LogP contribution in [0.3, 0.4) is 0 Å².